The maximum absolute atomic E-state index is 9.95. The highest BCUT2D eigenvalue weighted by atomic mass is 16.4. The lowest BCUT2D eigenvalue weighted by Gasteiger charge is -2.15. The van der Waals surface area contributed by atoms with Crippen molar-refractivity contribution in [3.05, 3.63) is 5.89 Å². The van der Waals surface area contributed by atoms with E-state index in [-0.39, 0.29) is 12.1 Å². The van der Waals surface area contributed by atoms with Gasteiger partial charge in [-0.1, -0.05) is 12.0 Å². The van der Waals surface area contributed by atoms with Gasteiger partial charge in [0.05, 0.1) is 12.1 Å². The second-order valence-electron chi connectivity index (χ2n) is 6.07. The Kier molecular flexibility index (Phi) is 3.94. The van der Waals surface area contributed by atoms with Gasteiger partial charge in [0.2, 0.25) is 5.89 Å². The number of hydrogen-bond acceptors (Lipinski definition) is 6. The van der Waals surface area contributed by atoms with Crippen LogP contribution in [-0.4, -0.2) is 41.0 Å². The minimum atomic E-state index is -0.155. The highest BCUT2D eigenvalue weighted by Gasteiger charge is 2.43. The number of hydrogen-bond donors (Lipinski definition) is 2. The van der Waals surface area contributed by atoms with Crippen LogP contribution in [0.2, 0.25) is 0 Å². The molecule has 3 rings (SSSR count). The van der Waals surface area contributed by atoms with Crippen molar-refractivity contribution in [2.75, 3.05) is 24.5 Å². The molecule has 4 atom stereocenters. The van der Waals surface area contributed by atoms with Crippen LogP contribution in [0.15, 0.2) is 4.42 Å². The van der Waals surface area contributed by atoms with Gasteiger partial charge in [-0.05, 0) is 38.6 Å². The molecule has 0 amide bonds. The van der Waals surface area contributed by atoms with Crippen LogP contribution in [0.3, 0.4) is 0 Å². The number of rotatable bonds is 5. The van der Waals surface area contributed by atoms with Crippen LogP contribution in [0.5, 0.6) is 0 Å². The molecule has 2 aliphatic rings. The van der Waals surface area contributed by atoms with Crippen LogP contribution in [0.1, 0.15) is 45.0 Å². The average Bonchev–Trinajstić information content (AvgIpc) is 3.12. The largest absolute Gasteiger partial charge is 0.406 e. The molecule has 1 aliphatic carbocycles. The number of fused-ring (bicyclic) bond motifs is 1. The van der Waals surface area contributed by atoms with Crippen LogP contribution in [0.25, 0.3) is 0 Å². The maximum Gasteiger partial charge on any atom is 0.318 e. The third-order valence-corrected chi connectivity index (χ3v) is 4.59. The summed E-state index contributed by atoms with van der Waals surface area (Å²) in [5.41, 5.74) is 0. The predicted octanol–water partition coefficient (Wildman–Crippen LogP) is 1.34. The third-order valence-electron chi connectivity index (χ3n) is 4.59. The monoisotopic (exact) mass is 280 g/mol. The lowest BCUT2D eigenvalue weighted by Crippen LogP contribution is -2.24. The van der Waals surface area contributed by atoms with E-state index >= 15 is 0 Å². The van der Waals surface area contributed by atoms with Crippen molar-refractivity contribution in [1.29, 1.82) is 0 Å². The molecule has 2 fully saturated rings. The van der Waals surface area contributed by atoms with E-state index in [1.54, 1.807) is 0 Å². The maximum atomic E-state index is 9.95. The minimum Gasteiger partial charge on any atom is -0.406 e. The molecule has 1 saturated carbocycles. The van der Waals surface area contributed by atoms with Crippen molar-refractivity contribution < 1.29 is 9.52 Å². The van der Waals surface area contributed by atoms with Crippen molar-refractivity contribution in [3.63, 3.8) is 0 Å². The molecule has 6 nitrogen and oxygen atoms in total. The van der Waals surface area contributed by atoms with E-state index in [1.165, 1.54) is 0 Å². The fourth-order valence-corrected chi connectivity index (χ4v) is 3.37. The number of aromatic nitrogens is 2. The molecule has 20 heavy (non-hydrogen) atoms. The Morgan fingerprint density at radius 2 is 2.25 bits per heavy atom. The molecule has 6 heteroatoms. The Balaban J connectivity index is 1.63. The second-order valence-corrected chi connectivity index (χ2v) is 6.07. The van der Waals surface area contributed by atoms with Gasteiger partial charge in [0, 0.05) is 19.0 Å². The Hall–Kier alpha value is -1.14. The minimum absolute atomic E-state index is 0.0869. The van der Waals surface area contributed by atoms with Crippen LogP contribution in [-0.2, 0) is 0 Å². The summed E-state index contributed by atoms with van der Waals surface area (Å²) < 4.78 is 5.79. The van der Waals surface area contributed by atoms with Crippen molar-refractivity contribution >= 4 is 6.01 Å². The number of aliphatic hydroxyl groups excluding tert-OH is 1. The van der Waals surface area contributed by atoms with Crippen LogP contribution < -0.4 is 10.2 Å². The molecular formula is C14H24N4O2. The van der Waals surface area contributed by atoms with Gasteiger partial charge >= 0.3 is 6.01 Å². The van der Waals surface area contributed by atoms with E-state index in [2.05, 4.69) is 27.3 Å². The molecule has 4 unspecified atom stereocenters. The fourth-order valence-electron chi connectivity index (χ4n) is 3.37. The first-order valence-corrected chi connectivity index (χ1v) is 7.68. The Morgan fingerprint density at radius 1 is 1.40 bits per heavy atom. The predicted molar refractivity (Wildman–Crippen MR) is 75.4 cm³/mol. The Bertz CT molecular complexity index is 450. The first-order chi connectivity index (χ1) is 9.69. The second kappa shape index (κ2) is 5.69. The van der Waals surface area contributed by atoms with Crippen molar-refractivity contribution in [2.45, 2.75) is 45.3 Å². The van der Waals surface area contributed by atoms with Gasteiger partial charge in [0.15, 0.2) is 0 Å². The molecule has 1 aromatic rings. The zero-order valence-corrected chi connectivity index (χ0v) is 12.2. The topological polar surface area (TPSA) is 74.4 Å². The summed E-state index contributed by atoms with van der Waals surface area (Å²) in [5.74, 6) is 1.60. The quantitative estimate of drug-likeness (QED) is 0.848. The average molecular weight is 280 g/mol. The van der Waals surface area contributed by atoms with E-state index in [9.17, 15) is 5.11 Å². The molecule has 2 N–H and O–H groups in total. The first-order valence-electron chi connectivity index (χ1n) is 7.68. The summed E-state index contributed by atoms with van der Waals surface area (Å²) in [4.78, 5) is 2.13. The van der Waals surface area contributed by atoms with Crippen molar-refractivity contribution in [1.82, 2.24) is 15.5 Å². The molecule has 1 saturated heterocycles. The lowest BCUT2D eigenvalue weighted by atomic mass is 10.00. The van der Waals surface area contributed by atoms with Crippen LogP contribution in [0, 0.1) is 11.8 Å². The van der Waals surface area contributed by atoms with Gasteiger partial charge in [-0.2, -0.15) is 0 Å². The van der Waals surface area contributed by atoms with Gasteiger partial charge in [-0.3, -0.25) is 0 Å². The van der Waals surface area contributed by atoms with Crippen LogP contribution >= 0.6 is 0 Å². The number of anilines is 1. The summed E-state index contributed by atoms with van der Waals surface area (Å²) in [6.07, 6.45) is 2.98. The number of nitrogens with zero attached hydrogens (tertiary/aromatic N) is 3. The Morgan fingerprint density at radius 3 is 3.00 bits per heavy atom. The SMILES string of the molecule is CCCNC(C)c1nnc(N2CC3CCC(O)C3C2)o1. The van der Waals surface area contributed by atoms with Gasteiger partial charge in [0.25, 0.3) is 0 Å². The standard InChI is InChI=1S/C14H24N4O2/c1-3-6-15-9(2)13-16-17-14(20-13)18-7-10-4-5-12(19)11(10)8-18/h9-12,15,19H,3-8H2,1-2H3. The molecular weight excluding hydrogens is 256 g/mol. The zero-order chi connectivity index (χ0) is 14.1. The first kappa shape index (κ1) is 13.8. The molecule has 1 aliphatic heterocycles. The van der Waals surface area contributed by atoms with Gasteiger partial charge in [-0.15, -0.1) is 5.10 Å². The number of nitrogens with one attached hydrogen (secondary N) is 1. The molecule has 0 radical (unpaired) electrons. The third kappa shape index (κ3) is 2.54. The molecule has 0 spiro atoms. The zero-order valence-electron chi connectivity index (χ0n) is 12.2. The summed E-state index contributed by atoms with van der Waals surface area (Å²) in [6.45, 7) is 6.88. The summed E-state index contributed by atoms with van der Waals surface area (Å²) in [6, 6.07) is 0.690. The van der Waals surface area contributed by atoms with E-state index < -0.39 is 0 Å². The number of aliphatic hydroxyl groups is 1. The van der Waals surface area contributed by atoms with Crippen molar-refractivity contribution in [2.24, 2.45) is 11.8 Å². The van der Waals surface area contributed by atoms with Gasteiger partial charge in [0.1, 0.15) is 0 Å². The van der Waals surface area contributed by atoms with Crippen LogP contribution in [0.4, 0.5) is 6.01 Å². The molecule has 0 bridgehead atoms. The summed E-state index contributed by atoms with van der Waals surface area (Å²) in [7, 11) is 0. The van der Waals surface area contributed by atoms with E-state index in [0.717, 1.165) is 38.9 Å². The molecule has 112 valence electrons. The van der Waals surface area contributed by atoms with Gasteiger partial charge < -0.3 is 19.7 Å². The van der Waals surface area contributed by atoms with Crippen molar-refractivity contribution in [3.8, 4) is 0 Å². The van der Waals surface area contributed by atoms with E-state index in [4.69, 9.17) is 4.42 Å². The highest BCUT2D eigenvalue weighted by Crippen LogP contribution is 2.39. The van der Waals surface area contributed by atoms with Gasteiger partial charge in [-0.25, -0.2) is 0 Å². The summed E-state index contributed by atoms with van der Waals surface area (Å²) in [5, 5.41) is 21.6. The smallest absolute Gasteiger partial charge is 0.318 e. The highest BCUT2D eigenvalue weighted by molar-refractivity contribution is 5.28. The molecule has 0 aromatic carbocycles. The lowest BCUT2D eigenvalue weighted by molar-refractivity contribution is 0.133. The molecule has 1 aromatic heterocycles. The Labute approximate surface area is 119 Å². The molecule has 2 heterocycles. The fraction of sp³-hybridized carbons (Fsp3) is 0.857. The van der Waals surface area contributed by atoms with E-state index in [1.807, 2.05) is 6.92 Å². The normalized spacial score (nSPS) is 30.8. The summed E-state index contributed by atoms with van der Waals surface area (Å²) >= 11 is 0. The van der Waals surface area contributed by atoms with E-state index in [0.29, 0.717) is 23.7 Å².